The molecule has 4 rings (SSSR count). The third kappa shape index (κ3) is 3.39. The minimum Gasteiger partial charge on any atom is -0.356 e. The lowest BCUT2D eigenvalue weighted by atomic mass is 9.97. The van der Waals surface area contributed by atoms with Crippen LogP contribution >= 0.6 is 0 Å². The molecule has 10 nitrogen and oxygen atoms in total. The van der Waals surface area contributed by atoms with Gasteiger partial charge < -0.3 is 10.2 Å². The van der Waals surface area contributed by atoms with Crippen molar-refractivity contribution in [3.8, 4) is 5.82 Å². The molecule has 0 radical (unpaired) electrons. The molecular weight excluding hydrogens is 334 g/mol. The molecule has 0 bridgehead atoms. The third-order valence-corrected chi connectivity index (χ3v) is 4.37. The number of piperidine rings is 1. The fourth-order valence-corrected chi connectivity index (χ4v) is 3.07. The Morgan fingerprint density at radius 2 is 2.15 bits per heavy atom. The predicted octanol–water partition coefficient (Wildman–Crippen LogP) is 0.944. The van der Waals surface area contributed by atoms with Gasteiger partial charge in [0.15, 0.2) is 11.6 Å². The number of nitrogens with one attached hydrogen (secondary N) is 2. The van der Waals surface area contributed by atoms with Gasteiger partial charge in [-0.1, -0.05) is 0 Å². The van der Waals surface area contributed by atoms with Crippen LogP contribution in [0.1, 0.15) is 18.5 Å². The summed E-state index contributed by atoms with van der Waals surface area (Å²) < 4.78 is 1.58. The fraction of sp³-hybridized carbons (Fsp3) is 0.375. The van der Waals surface area contributed by atoms with Crippen molar-refractivity contribution in [2.45, 2.75) is 19.8 Å². The first-order chi connectivity index (χ1) is 12.7. The Hall–Kier alpha value is -3.30. The van der Waals surface area contributed by atoms with E-state index in [1.807, 2.05) is 19.1 Å². The van der Waals surface area contributed by atoms with E-state index < -0.39 is 0 Å². The molecule has 1 unspecified atom stereocenters. The summed E-state index contributed by atoms with van der Waals surface area (Å²) in [6.07, 6.45) is 6.31. The number of nitrogens with zero attached hydrogens (tertiary/aromatic N) is 7. The molecule has 2 N–H and O–H groups in total. The second-order valence-corrected chi connectivity index (χ2v) is 6.29. The Kier molecular flexibility index (Phi) is 4.30. The maximum Gasteiger partial charge on any atom is 0.230 e. The molecule has 1 aliphatic heterocycles. The molecule has 10 heteroatoms. The van der Waals surface area contributed by atoms with Crippen molar-refractivity contribution in [2.24, 2.45) is 5.92 Å². The van der Waals surface area contributed by atoms with Gasteiger partial charge in [-0.05, 0) is 19.8 Å². The summed E-state index contributed by atoms with van der Waals surface area (Å²) in [4.78, 5) is 27.2. The first-order valence-corrected chi connectivity index (χ1v) is 8.44. The number of anilines is 2. The zero-order valence-electron chi connectivity index (χ0n) is 14.3. The van der Waals surface area contributed by atoms with Gasteiger partial charge in [-0.25, -0.2) is 19.6 Å². The van der Waals surface area contributed by atoms with E-state index in [9.17, 15) is 4.79 Å². The maximum absolute atomic E-state index is 12.6. The fourth-order valence-electron chi connectivity index (χ4n) is 3.07. The highest BCUT2D eigenvalue weighted by atomic mass is 16.2. The van der Waals surface area contributed by atoms with Crippen LogP contribution in [-0.2, 0) is 4.79 Å². The van der Waals surface area contributed by atoms with Gasteiger partial charge in [-0.2, -0.15) is 10.2 Å². The Labute approximate surface area is 149 Å². The lowest BCUT2D eigenvalue weighted by molar-refractivity contribution is -0.120. The summed E-state index contributed by atoms with van der Waals surface area (Å²) in [6.45, 7) is 3.34. The van der Waals surface area contributed by atoms with Crippen LogP contribution in [0.5, 0.6) is 0 Å². The minimum atomic E-state index is -0.120. The normalized spacial score (nSPS) is 17.3. The van der Waals surface area contributed by atoms with Crippen LogP contribution in [0, 0.1) is 12.8 Å². The van der Waals surface area contributed by atoms with Crippen molar-refractivity contribution in [3.63, 3.8) is 0 Å². The number of carbonyl (C=O) groups excluding carboxylic acids is 1. The second-order valence-electron chi connectivity index (χ2n) is 6.29. The molecule has 1 amide bonds. The molecule has 1 fully saturated rings. The molecule has 26 heavy (non-hydrogen) atoms. The number of amides is 1. The third-order valence-electron chi connectivity index (χ3n) is 4.37. The number of aromatic nitrogens is 7. The summed E-state index contributed by atoms with van der Waals surface area (Å²) in [7, 11) is 0. The lowest BCUT2D eigenvalue weighted by Gasteiger charge is -2.32. The molecule has 0 spiro atoms. The summed E-state index contributed by atoms with van der Waals surface area (Å²) in [6, 6.07) is 3.67. The highest BCUT2D eigenvalue weighted by Gasteiger charge is 2.27. The smallest absolute Gasteiger partial charge is 0.230 e. The van der Waals surface area contributed by atoms with E-state index in [1.165, 1.54) is 12.7 Å². The largest absolute Gasteiger partial charge is 0.356 e. The number of hydrogen-bond acceptors (Lipinski definition) is 7. The van der Waals surface area contributed by atoms with Crippen LogP contribution < -0.4 is 10.2 Å². The lowest BCUT2D eigenvalue weighted by Crippen LogP contribution is -2.41. The molecule has 1 atom stereocenters. The molecule has 3 aromatic rings. The highest BCUT2D eigenvalue weighted by molar-refractivity contribution is 5.92. The minimum absolute atomic E-state index is 0.0215. The Balaban J connectivity index is 1.46. The number of H-pyrrole nitrogens is 1. The van der Waals surface area contributed by atoms with Crippen LogP contribution in [-0.4, -0.2) is 53.9 Å². The summed E-state index contributed by atoms with van der Waals surface area (Å²) >= 11 is 0. The predicted molar refractivity (Wildman–Crippen MR) is 93.8 cm³/mol. The van der Waals surface area contributed by atoms with E-state index in [4.69, 9.17) is 0 Å². The highest BCUT2D eigenvalue weighted by Crippen LogP contribution is 2.23. The number of carbonyl (C=O) groups is 1. The molecule has 1 saturated heterocycles. The van der Waals surface area contributed by atoms with Crippen molar-refractivity contribution in [2.75, 3.05) is 23.3 Å². The van der Waals surface area contributed by atoms with E-state index in [0.717, 1.165) is 30.9 Å². The van der Waals surface area contributed by atoms with Gasteiger partial charge >= 0.3 is 0 Å². The molecule has 0 aromatic carbocycles. The standard InChI is InChI=1S/C16H19N9O/c1-11-5-13(23-22-11)21-16(26)12-3-2-4-24(7-12)14-6-15(19-9-18-14)25-10-17-8-20-25/h5-6,8-10,12H,2-4,7H2,1H3,(H2,21,22,23,26). The van der Waals surface area contributed by atoms with E-state index in [-0.39, 0.29) is 11.8 Å². The molecule has 4 heterocycles. The van der Waals surface area contributed by atoms with Gasteiger partial charge in [0.1, 0.15) is 24.8 Å². The average molecular weight is 353 g/mol. The summed E-state index contributed by atoms with van der Waals surface area (Å²) in [5, 5.41) is 13.8. The molecule has 134 valence electrons. The Morgan fingerprint density at radius 1 is 1.27 bits per heavy atom. The number of aryl methyl sites for hydroxylation is 1. The molecule has 3 aromatic heterocycles. The van der Waals surface area contributed by atoms with E-state index in [1.54, 1.807) is 11.0 Å². The maximum atomic E-state index is 12.6. The monoisotopic (exact) mass is 353 g/mol. The van der Waals surface area contributed by atoms with E-state index in [2.05, 4.69) is 40.5 Å². The van der Waals surface area contributed by atoms with Gasteiger partial charge in [0, 0.05) is 30.9 Å². The van der Waals surface area contributed by atoms with Crippen LogP contribution in [0.4, 0.5) is 11.6 Å². The van der Waals surface area contributed by atoms with Crippen molar-refractivity contribution in [3.05, 3.63) is 36.8 Å². The quantitative estimate of drug-likeness (QED) is 0.717. The molecule has 0 saturated carbocycles. The van der Waals surface area contributed by atoms with Gasteiger partial charge in [0.25, 0.3) is 0 Å². The average Bonchev–Trinajstić information content (AvgIpc) is 3.34. The SMILES string of the molecule is Cc1cc(NC(=O)C2CCCN(c3cc(-n4cncn4)ncn3)C2)n[nH]1. The Bertz CT molecular complexity index is 889. The van der Waals surface area contributed by atoms with Crippen molar-refractivity contribution >= 4 is 17.5 Å². The van der Waals surface area contributed by atoms with Gasteiger partial charge in [0.2, 0.25) is 5.91 Å². The number of rotatable bonds is 4. The van der Waals surface area contributed by atoms with Crippen molar-refractivity contribution in [1.29, 1.82) is 0 Å². The first kappa shape index (κ1) is 16.2. The molecule has 0 aliphatic carbocycles. The summed E-state index contributed by atoms with van der Waals surface area (Å²) in [5.74, 6) is 1.84. The number of hydrogen-bond donors (Lipinski definition) is 2. The van der Waals surface area contributed by atoms with E-state index in [0.29, 0.717) is 18.2 Å². The number of aromatic amines is 1. The van der Waals surface area contributed by atoms with Crippen LogP contribution in [0.2, 0.25) is 0 Å². The van der Waals surface area contributed by atoms with Gasteiger partial charge in [0.05, 0.1) is 5.92 Å². The van der Waals surface area contributed by atoms with Gasteiger partial charge in [-0.15, -0.1) is 0 Å². The molecular formula is C16H19N9O. The van der Waals surface area contributed by atoms with Gasteiger partial charge in [-0.3, -0.25) is 9.89 Å². The van der Waals surface area contributed by atoms with Crippen LogP contribution in [0.25, 0.3) is 5.82 Å². The summed E-state index contributed by atoms with van der Waals surface area (Å²) in [5.41, 5.74) is 0.909. The topological polar surface area (TPSA) is 118 Å². The zero-order chi connectivity index (χ0) is 17.9. The van der Waals surface area contributed by atoms with E-state index >= 15 is 0 Å². The van der Waals surface area contributed by atoms with Crippen LogP contribution in [0.3, 0.4) is 0 Å². The first-order valence-electron chi connectivity index (χ1n) is 8.44. The second kappa shape index (κ2) is 6.90. The molecule has 1 aliphatic rings. The Morgan fingerprint density at radius 3 is 2.92 bits per heavy atom. The van der Waals surface area contributed by atoms with Crippen molar-refractivity contribution in [1.82, 2.24) is 34.9 Å². The zero-order valence-corrected chi connectivity index (χ0v) is 14.3. The van der Waals surface area contributed by atoms with Crippen molar-refractivity contribution < 1.29 is 4.79 Å². The van der Waals surface area contributed by atoms with Crippen LogP contribution in [0.15, 0.2) is 31.1 Å².